The smallest absolute Gasteiger partial charge is 0.336 e. The molecule has 0 aliphatic carbocycles. The summed E-state index contributed by atoms with van der Waals surface area (Å²) in [6.45, 7) is 0.0527. The largest absolute Gasteiger partial charge is 0.478 e. The maximum Gasteiger partial charge on any atom is 0.336 e. The molecule has 0 unspecified atom stereocenters. The number of aromatic nitrogens is 1. The molecule has 0 spiro atoms. The SMILES string of the molecule is CN(CC(N)=O)c1ccc2c(C(=O)O)cccc2n1. The number of nitrogens with two attached hydrogens (primary N) is 1. The van der Waals surface area contributed by atoms with Gasteiger partial charge in [-0.3, -0.25) is 4.79 Å². The third kappa shape index (κ3) is 2.62. The van der Waals surface area contributed by atoms with Crippen LogP contribution >= 0.6 is 0 Å². The van der Waals surface area contributed by atoms with Crippen LogP contribution < -0.4 is 10.6 Å². The Morgan fingerprint density at radius 1 is 1.32 bits per heavy atom. The summed E-state index contributed by atoms with van der Waals surface area (Å²) < 4.78 is 0. The maximum atomic E-state index is 11.1. The fourth-order valence-electron chi connectivity index (χ4n) is 1.86. The lowest BCUT2D eigenvalue weighted by Crippen LogP contribution is -2.31. The van der Waals surface area contributed by atoms with E-state index in [0.29, 0.717) is 16.7 Å². The average molecular weight is 259 g/mol. The van der Waals surface area contributed by atoms with Crippen molar-refractivity contribution in [3.8, 4) is 0 Å². The number of fused-ring (bicyclic) bond motifs is 1. The van der Waals surface area contributed by atoms with Gasteiger partial charge in [-0.2, -0.15) is 0 Å². The van der Waals surface area contributed by atoms with Gasteiger partial charge in [0.1, 0.15) is 5.82 Å². The zero-order valence-electron chi connectivity index (χ0n) is 10.3. The van der Waals surface area contributed by atoms with E-state index in [0.717, 1.165) is 0 Å². The molecule has 0 saturated heterocycles. The minimum absolute atomic E-state index is 0.0527. The van der Waals surface area contributed by atoms with Gasteiger partial charge in [-0.1, -0.05) is 6.07 Å². The quantitative estimate of drug-likeness (QED) is 0.848. The first kappa shape index (κ1) is 12.8. The van der Waals surface area contributed by atoms with Gasteiger partial charge in [-0.15, -0.1) is 0 Å². The van der Waals surface area contributed by atoms with E-state index in [1.165, 1.54) is 6.07 Å². The van der Waals surface area contributed by atoms with Crippen LogP contribution in [0.25, 0.3) is 10.9 Å². The Kier molecular flexibility index (Phi) is 3.33. The fraction of sp³-hybridized carbons (Fsp3) is 0.154. The van der Waals surface area contributed by atoms with E-state index in [4.69, 9.17) is 10.8 Å². The summed E-state index contributed by atoms with van der Waals surface area (Å²) in [4.78, 5) is 27.9. The van der Waals surface area contributed by atoms with Crippen LogP contribution in [0.3, 0.4) is 0 Å². The molecule has 0 saturated carbocycles. The molecule has 1 aromatic carbocycles. The molecule has 1 aromatic heterocycles. The highest BCUT2D eigenvalue weighted by atomic mass is 16.4. The minimum atomic E-state index is -0.995. The number of carbonyl (C=O) groups excluding carboxylic acids is 1. The molecule has 98 valence electrons. The topological polar surface area (TPSA) is 96.5 Å². The molecular weight excluding hydrogens is 246 g/mol. The van der Waals surface area contributed by atoms with E-state index in [1.54, 1.807) is 36.2 Å². The van der Waals surface area contributed by atoms with Gasteiger partial charge in [0.05, 0.1) is 17.6 Å². The number of carboxylic acids is 1. The van der Waals surface area contributed by atoms with Crippen molar-refractivity contribution in [2.75, 3.05) is 18.5 Å². The van der Waals surface area contributed by atoms with Crippen LogP contribution in [0.5, 0.6) is 0 Å². The molecule has 0 atom stereocenters. The first-order chi connectivity index (χ1) is 8.99. The number of primary amides is 1. The van der Waals surface area contributed by atoms with Crippen LogP contribution in [-0.4, -0.2) is 35.6 Å². The lowest BCUT2D eigenvalue weighted by atomic mass is 10.1. The molecule has 0 fully saturated rings. The van der Waals surface area contributed by atoms with Crippen molar-refractivity contribution in [1.82, 2.24) is 4.98 Å². The lowest BCUT2D eigenvalue weighted by molar-refractivity contribution is -0.116. The third-order valence-corrected chi connectivity index (χ3v) is 2.73. The van der Waals surface area contributed by atoms with Gasteiger partial charge in [-0.25, -0.2) is 9.78 Å². The summed E-state index contributed by atoms with van der Waals surface area (Å²) in [5, 5.41) is 9.64. The molecular formula is C13H13N3O3. The van der Waals surface area contributed by atoms with Gasteiger partial charge < -0.3 is 15.7 Å². The van der Waals surface area contributed by atoms with Crippen LogP contribution in [0.4, 0.5) is 5.82 Å². The van der Waals surface area contributed by atoms with Crippen molar-refractivity contribution in [3.05, 3.63) is 35.9 Å². The van der Waals surface area contributed by atoms with E-state index >= 15 is 0 Å². The predicted octanol–water partition coefficient (Wildman–Crippen LogP) is 0.854. The van der Waals surface area contributed by atoms with Crippen molar-refractivity contribution in [2.45, 2.75) is 0 Å². The molecule has 0 aliphatic heterocycles. The van der Waals surface area contributed by atoms with E-state index in [2.05, 4.69) is 4.98 Å². The van der Waals surface area contributed by atoms with E-state index in [1.807, 2.05) is 0 Å². The highest BCUT2D eigenvalue weighted by Gasteiger charge is 2.11. The molecule has 2 rings (SSSR count). The number of carbonyl (C=O) groups is 2. The Morgan fingerprint density at radius 2 is 2.05 bits per heavy atom. The molecule has 0 bridgehead atoms. The fourth-order valence-corrected chi connectivity index (χ4v) is 1.86. The molecule has 0 radical (unpaired) electrons. The molecule has 1 heterocycles. The van der Waals surface area contributed by atoms with Crippen LogP contribution in [0, 0.1) is 0 Å². The standard InChI is InChI=1S/C13H13N3O3/c1-16(7-11(14)17)12-6-5-8-9(13(18)19)3-2-4-10(8)15-12/h2-6H,7H2,1H3,(H2,14,17)(H,18,19). The molecule has 0 aliphatic rings. The zero-order chi connectivity index (χ0) is 14.0. The second-order valence-electron chi connectivity index (χ2n) is 4.17. The number of anilines is 1. The number of pyridine rings is 1. The van der Waals surface area contributed by atoms with Crippen molar-refractivity contribution in [1.29, 1.82) is 0 Å². The number of hydrogen-bond acceptors (Lipinski definition) is 4. The molecule has 19 heavy (non-hydrogen) atoms. The summed E-state index contributed by atoms with van der Waals surface area (Å²) in [5.74, 6) is -0.886. The van der Waals surface area contributed by atoms with Crippen LogP contribution in [0.2, 0.25) is 0 Å². The molecule has 6 nitrogen and oxygen atoms in total. The Bertz CT molecular complexity index is 655. The predicted molar refractivity (Wildman–Crippen MR) is 71.2 cm³/mol. The zero-order valence-corrected chi connectivity index (χ0v) is 10.3. The number of carboxylic acid groups (broad SMARTS) is 1. The monoisotopic (exact) mass is 259 g/mol. The van der Waals surface area contributed by atoms with Gasteiger partial charge >= 0.3 is 5.97 Å². The van der Waals surface area contributed by atoms with Crippen molar-refractivity contribution < 1.29 is 14.7 Å². The van der Waals surface area contributed by atoms with Gasteiger partial charge in [0, 0.05) is 12.4 Å². The summed E-state index contributed by atoms with van der Waals surface area (Å²) >= 11 is 0. The average Bonchev–Trinajstić information content (AvgIpc) is 2.36. The Balaban J connectivity index is 2.47. The number of nitrogens with zero attached hydrogens (tertiary/aromatic N) is 2. The summed E-state index contributed by atoms with van der Waals surface area (Å²) in [6.07, 6.45) is 0. The van der Waals surface area contributed by atoms with Crippen molar-refractivity contribution >= 4 is 28.6 Å². The highest BCUT2D eigenvalue weighted by Crippen LogP contribution is 2.20. The number of aromatic carboxylic acids is 1. The van der Waals surface area contributed by atoms with Crippen molar-refractivity contribution in [3.63, 3.8) is 0 Å². The van der Waals surface area contributed by atoms with Gasteiger partial charge in [-0.05, 0) is 24.3 Å². The second kappa shape index (κ2) is 4.93. The normalized spacial score (nSPS) is 10.4. The Labute approximate surface area is 109 Å². The number of likely N-dealkylation sites (N-methyl/N-ethyl adjacent to an activating group) is 1. The van der Waals surface area contributed by atoms with Gasteiger partial charge in [0.25, 0.3) is 0 Å². The molecule has 2 aromatic rings. The van der Waals surface area contributed by atoms with Crippen LogP contribution in [0.1, 0.15) is 10.4 Å². The second-order valence-corrected chi connectivity index (χ2v) is 4.17. The minimum Gasteiger partial charge on any atom is -0.478 e. The number of amides is 1. The first-order valence-electron chi connectivity index (χ1n) is 5.61. The molecule has 3 N–H and O–H groups in total. The van der Waals surface area contributed by atoms with Crippen LogP contribution in [0.15, 0.2) is 30.3 Å². The highest BCUT2D eigenvalue weighted by molar-refractivity contribution is 6.02. The Hall–Kier alpha value is -2.63. The number of rotatable bonds is 4. The summed E-state index contributed by atoms with van der Waals surface area (Å²) in [6, 6.07) is 8.23. The lowest BCUT2D eigenvalue weighted by Gasteiger charge is -2.16. The molecule has 6 heteroatoms. The number of hydrogen-bond donors (Lipinski definition) is 2. The van der Waals surface area contributed by atoms with Crippen molar-refractivity contribution in [2.24, 2.45) is 5.73 Å². The van der Waals surface area contributed by atoms with Gasteiger partial charge in [0.15, 0.2) is 0 Å². The van der Waals surface area contributed by atoms with E-state index < -0.39 is 11.9 Å². The third-order valence-electron chi connectivity index (χ3n) is 2.73. The van der Waals surface area contributed by atoms with E-state index in [9.17, 15) is 9.59 Å². The Morgan fingerprint density at radius 3 is 2.68 bits per heavy atom. The van der Waals surface area contributed by atoms with E-state index in [-0.39, 0.29) is 12.1 Å². The molecule has 1 amide bonds. The summed E-state index contributed by atoms with van der Waals surface area (Å²) in [5.41, 5.74) is 5.89. The first-order valence-corrected chi connectivity index (χ1v) is 5.61. The van der Waals surface area contributed by atoms with Crippen LogP contribution in [-0.2, 0) is 4.79 Å². The summed E-state index contributed by atoms with van der Waals surface area (Å²) in [7, 11) is 1.69. The maximum absolute atomic E-state index is 11.1. The number of benzene rings is 1. The van der Waals surface area contributed by atoms with Gasteiger partial charge in [0.2, 0.25) is 5.91 Å².